The third kappa shape index (κ3) is 2.42. The van der Waals surface area contributed by atoms with E-state index in [1.807, 2.05) is 37.3 Å². The number of alkyl halides is 1. The second-order valence-corrected chi connectivity index (χ2v) is 4.26. The molecule has 0 radical (unpaired) electrons. The summed E-state index contributed by atoms with van der Waals surface area (Å²) in [6.45, 7) is 2.02. The summed E-state index contributed by atoms with van der Waals surface area (Å²) < 4.78 is 13.0. The van der Waals surface area contributed by atoms with Gasteiger partial charge < -0.3 is 0 Å². The highest BCUT2D eigenvalue weighted by atomic mass is 35.5. The van der Waals surface area contributed by atoms with Crippen molar-refractivity contribution in [2.75, 3.05) is 0 Å². The molecular weight excluding hydrogens is 223 g/mol. The van der Waals surface area contributed by atoms with Crippen molar-refractivity contribution in [1.82, 2.24) is 0 Å². The summed E-state index contributed by atoms with van der Waals surface area (Å²) in [5.41, 5.74) is 2.95. The van der Waals surface area contributed by atoms with E-state index in [0.717, 1.165) is 11.1 Å². The summed E-state index contributed by atoms with van der Waals surface area (Å²) in [5, 5.41) is -0.295. The van der Waals surface area contributed by atoms with Crippen molar-refractivity contribution < 1.29 is 4.39 Å². The van der Waals surface area contributed by atoms with E-state index >= 15 is 0 Å². The maximum Gasteiger partial charge on any atom is 0.123 e. The topological polar surface area (TPSA) is 0 Å². The third-order valence-corrected chi connectivity index (χ3v) is 3.02. The Morgan fingerprint density at radius 1 is 1.00 bits per heavy atom. The van der Waals surface area contributed by atoms with Gasteiger partial charge in [-0.15, -0.1) is 11.6 Å². The first-order valence-electron chi connectivity index (χ1n) is 5.13. The average Bonchev–Trinajstić information content (AvgIpc) is 2.29. The highest BCUT2D eigenvalue weighted by molar-refractivity contribution is 6.22. The van der Waals surface area contributed by atoms with Crippen molar-refractivity contribution in [1.29, 1.82) is 0 Å². The zero-order chi connectivity index (χ0) is 11.5. The second kappa shape index (κ2) is 4.67. The van der Waals surface area contributed by atoms with Crippen LogP contribution in [-0.2, 0) is 0 Å². The fraction of sp³-hybridized carbons (Fsp3) is 0.143. The summed E-state index contributed by atoms with van der Waals surface area (Å²) in [6, 6.07) is 14.3. The third-order valence-electron chi connectivity index (χ3n) is 2.51. The van der Waals surface area contributed by atoms with Gasteiger partial charge in [0.1, 0.15) is 5.82 Å². The van der Waals surface area contributed by atoms with Crippen molar-refractivity contribution in [2.24, 2.45) is 0 Å². The van der Waals surface area contributed by atoms with Crippen LogP contribution in [0.5, 0.6) is 0 Å². The van der Waals surface area contributed by atoms with Crippen LogP contribution >= 0.6 is 11.6 Å². The molecular formula is C14H12ClF. The van der Waals surface area contributed by atoms with E-state index in [1.54, 1.807) is 6.07 Å². The highest BCUT2D eigenvalue weighted by Crippen LogP contribution is 2.28. The van der Waals surface area contributed by atoms with Crippen LogP contribution in [0.15, 0.2) is 48.5 Å². The first-order valence-corrected chi connectivity index (χ1v) is 5.56. The van der Waals surface area contributed by atoms with Crippen LogP contribution in [0.25, 0.3) is 0 Å². The fourth-order valence-corrected chi connectivity index (χ4v) is 1.87. The summed E-state index contributed by atoms with van der Waals surface area (Å²) >= 11 is 6.29. The zero-order valence-electron chi connectivity index (χ0n) is 8.95. The Morgan fingerprint density at radius 3 is 2.31 bits per heavy atom. The van der Waals surface area contributed by atoms with Gasteiger partial charge in [0, 0.05) is 0 Å². The predicted octanol–water partition coefficient (Wildman–Crippen LogP) is 4.46. The van der Waals surface area contributed by atoms with E-state index in [2.05, 4.69) is 0 Å². The lowest BCUT2D eigenvalue weighted by atomic mass is 10.0. The quantitative estimate of drug-likeness (QED) is 0.673. The summed E-state index contributed by atoms with van der Waals surface area (Å²) in [7, 11) is 0. The van der Waals surface area contributed by atoms with Crippen LogP contribution in [0, 0.1) is 12.7 Å². The van der Waals surface area contributed by atoms with Crippen LogP contribution in [0.2, 0.25) is 0 Å². The normalized spacial score (nSPS) is 12.4. The monoisotopic (exact) mass is 234 g/mol. The molecule has 0 aliphatic carbocycles. The Balaban J connectivity index is 2.31. The first kappa shape index (κ1) is 11.2. The molecule has 1 unspecified atom stereocenters. The molecule has 0 bridgehead atoms. The molecule has 0 fully saturated rings. The van der Waals surface area contributed by atoms with Crippen LogP contribution in [-0.4, -0.2) is 0 Å². The Morgan fingerprint density at radius 2 is 1.69 bits per heavy atom. The number of aryl methyl sites for hydroxylation is 1. The zero-order valence-corrected chi connectivity index (χ0v) is 9.71. The molecule has 2 rings (SSSR count). The maximum absolute atomic E-state index is 13.0. The lowest BCUT2D eigenvalue weighted by Gasteiger charge is -2.10. The van der Waals surface area contributed by atoms with Gasteiger partial charge in [-0.25, -0.2) is 4.39 Å². The standard InChI is InChI=1S/C14H12ClF/c1-10-5-7-11(8-6-10)14(15)12-3-2-4-13(16)9-12/h2-9,14H,1H3. The summed E-state index contributed by atoms with van der Waals surface area (Å²) in [5.74, 6) is -0.254. The van der Waals surface area contributed by atoms with Crippen molar-refractivity contribution in [3.8, 4) is 0 Å². The number of rotatable bonds is 2. The molecule has 0 N–H and O–H groups in total. The van der Waals surface area contributed by atoms with Crippen LogP contribution in [0.1, 0.15) is 22.1 Å². The van der Waals surface area contributed by atoms with Gasteiger partial charge in [0.15, 0.2) is 0 Å². The molecule has 0 nitrogen and oxygen atoms in total. The van der Waals surface area contributed by atoms with Gasteiger partial charge in [-0.3, -0.25) is 0 Å². The van der Waals surface area contributed by atoms with E-state index in [0.29, 0.717) is 0 Å². The molecule has 0 heterocycles. The van der Waals surface area contributed by atoms with Gasteiger partial charge in [0.05, 0.1) is 5.38 Å². The van der Waals surface area contributed by atoms with E-state index < -0.39 is 0 Å². The minimum atomic E-state index is -0.295. The van der Waals surface area contributed by atoms with Gasteiger partial charge in [0.2, 0.25) is 0 Å². The lowest BCUT2D eigenvalue weighted by molar-refractivity contribution is 0.626. The Labute approximate surface area is 99.7 Å². The summed E-state index contributed by atoms with van der Waals surface area (Å²) in [4.78, 5) is 0. The molecule has 0 saturated heterocycles. The minimum absolute atomic E-state index is 0.254. The molecule has 0 aliphatic heterocycles. The van der Waals surface area contributed by atoms with Crippen LogP contribution in [0.3, 0.4) is 0 Å². The molecule has 2 aromatic carbocycles. The Hall–Kier alpha value is -1.34. The molecule has 0 spiro atoms. The predicted molar refractivity (Wildman–Crippen MR) is 65.3 cm³/mol. The molecule has 2 aromatic rings. The second-order valence-electron chi connectivity index (χ2n) is 3.83. The number of hydrogen-bond donors (Lipinski definition) is 0. The molecule has 0 saturated carbocycles. The van der Waals surface area contributed by atoms with E-state index in [1.165, 1.54) is 17.7 Å². The number of halogens is 2. The fourth-order valence-electron chi connectivity index (χ4n) is 1.59. The summed E-state index contributed by atoms with van der Waals surface area (Å²) in [6.07, 6.45) is 0. The molecule has 2 heteroatoms. The largest absolute Gasteiger partial charge is 0.207 e. The number of hydrogen-bond acceptors (Lipinski definition) is 0. The highest BCUT2D eigenvalue weighted by Gasteiger charge is 2.10. The number of benzene rings is 2. The van der Waals surface area contributed by atoms with Gasteiger partial charge in [-0.05, 0) is 30.2 Å². The van der Waals surface area contributed by atoms with Crippen LogP contribution < -0.4 is 0 Å². The smallest absolute Gasteiger partial charge is 0.123 e. The maximum atomic E-state index is 13.0. The molecule has 0 amide bonds. The Kier molecular flexibility index (Phi) is 3.25. The van der Waals surface area contributed by atoms with Crippen molar-refractivity contribution in [3.63, 3.8) is 0 Å². The van der Waals surface area contributed by atoms with Gasteiger partial charge in [0.25, 0.3) is 0 Å². The first-order chi connectivity index (χ1) is 7.66. The van der Waals surface area contributed by atoms with E-state index in [4.69, 9.17) is 11.6 Å². The van der Waals surface area contributed by atoms with Crippen molar-refractivity contribution >= 4 is 11.6 Å². The van der Waals surface area contributed by atoms with Crippen molar-refractivity contribution in [2.45, 2.75) is 12.3 Å². The minimum Gasteiger partial charge on any atom is -0.207 e. The van der Waals surface area contributed by atoms with Gasteiger partial charge in [-0.2, -0.15) is 0 Å². The molecule has 82 valence electrons. The van der Waals surface area contributed by atoms with Crippen molar-refractivity contribution in [3.05, 3.63) is 71.0 Å². The molecule has 16 heavy (non-hydrogen) atoms. The van der Waals surface area contributed by atoms with Gasteiger partial charge in [-0.1, -0.05) is 42.0 Å². The molecule has 1 atom stereocenters. The Bertz CT molecular complexity index is 476. The van der Waals surface area contributed by atoms with Gasteiger partial charge >= 0.3 is 0 Å². The van der Waals surface area contributed by atoms with E-state index in [-0.39, 0.29) is 11.2 Å². The van der Waals surface area contributed by atoms with E-state index in [9.17, 15) is 4.39 Å². The van der Waals surface area contributed by atoms with Crippen LogP contribution in [0.4, 0.5) is 4.39 Å². The molecule has 0 aliphatic rings. The SMILES string of the molecule is Cc1ccc(C(Cl)c2cccc(F)c2)cc1. The molecule has 0 aromatic heterocycles. The average molecular weight is 235 g/mol. The lowest BCUT2D eigenvalue weighted by Crippen LogP contribution is -1.93.